The number of carbonyl (C=O) groups is 1. The Bertz CT molecular complexity index is 580. The van der Waals surface area contributed by atoms with Crippen LogP contribution >= 0.6 is 0 Å². The third kappa shape index (κ3) is 2.43. The molecule has 0 saturated carbocycles. The molecule has 1 unspecified atom stereocenters. The lowest BCUT2D eigenvalue weighted by molar-refractivity contribution is -0.145. The van der Waals surface area contributed by atoms with E-state index in [-0.39, 0.29) is 5.89 Å². The van der Waals surface area contributed by atoms with Gasteiger partial charge in [0.05, 0.1) is 0 Å². The van der Waals surface area contributed by atoms with E-state index in [1.165, 1.54) is 0 Å². The second-order valence-corrected chi connectivity index (χ2v) is 4.77. The highest BCUT2D eigenvalue weighted by molar-refractivity contribution is 5.79. The average molecular weight is 274 g/mol. The van der Waals surface area contributed by atoms with Gasteiger partial charge < -0.3 is 9.52 Å². The molecule has 2 rings (SSSR count). The number of hydrogen-bond donors (Lipinski definition) is 1. The number of rotatable bonds is 6. The summed E-state index contributed by atoms with van der Waals surface area (Å²) in [5, 5.41) is 17.5. The molecule has 20 heavy (non-hydrogen) atoms. The van der Waals surface area contributed by atoms with Crippen LogP contribution in [0.3, 0.4) is 0 Å². The minimum atomic E-state index is -1.09. The molecule has 0 amide bonds. The van der Waals surface area contributed by atoms with Crippen molar-refractivity contribution in [2.24, 2.45) is 0 Å². The van der Waals surface area contributed by atoms with Gasteiger partial charge in [0.1, 0.15) is 5.41 Å². The van der Waals surface area contributed by atoms with Gasteiger partial charge in [-0.25, -0.2) is 0 Å². The van der Waals surface area contributed by atoms with Crippen LogP contribution in [0.25, 0.3) is 11.5 Å². The molecule has 0 bridgehead atoms. The maximum Gasteiger partial charge on any atom is 0.319 e. The summed E-state index contributed by atoms with van der Waals surface area (Å²) in [6.45, 7) is 3.78. The van der Waals surface area contributed by atoms with Crippen molar-refractivity contribution in [3.05, 3.63) is 36.2 Å². The minimum absolute atomic E-state index is 0.188. The van der Waals surface area contributed by atoms with E-state index in [9.17, 15) is 9.90 Å². The second kappa shape index (κ2) is 5.86. The molecule has 0 aliphatic carbocycles. The molecule has 0 aliphatic rings. The molecular weight excluding hydrogens is 256 g/mol. The van der Waals surface area contributed by atoms with Crippen LogP contribution in [0.2, 0.25) is 0 Å². The zero-order chi connectivity index (χ0) is 14.6. The molecule has 1 aromatic carbocycles. The first-order chi connectivity index (χ1) is 9.64. The van der Waals surface area contributed by atoms with Crippen LogP contribution in [-0.4, -0.2) is 21.3 Å². The average Bonchev–Trinajstić information content (AvgIpc) is 2.95. The van der Waals surface area contributed by atoms with Gasteiger partial charge in [-0.05, 0) is 25.0 Å². The Morgan fingerprint density at radius 3 is 2.50 bits per heavy atom. The van der Waals surface area contributed by atoms with Crippen LogP contribution in [0, 0.1) is 0 Å². The van der Waals surface area contributed by atoms with Gasteiger partial charge in [-0.3, -0.25) is 4.79 Å². The normalized spacial score (nSPS) is 13.9. The molecule has 106 valence electrons. The Balaban J connectivity index is 2.42. The monoisotopic (exact) mass is 274 g/mol. The lowest BCUT2D eigenvalue weighted by Gasteiger charge is -2.23. The number of hydrogen-bond acceptors (Lipinski definition) is 4. The number of carboxylic acids is 1. The van der Waals surface area contributed by atoms with Gasteiger partial charge in [0, 0.05) is 5.56 Å². The van der Waals surface area contributed by atoms with E-state index in [0.29, 0.717) is 18.7 Å². The number of aliphatic carboxylic acids is 1. The Kier molecular flexibility index (Phi) is 4.17. The molecule has 0 aliphatic heterocycles. The van der Waals surface area contributed by atoms with Gasteiger partial charge in [0.2, 0.25) is 11.8 Å². The molecule has 5 heteroatoms. The maximum absolute atomic E-state index is 11.7. The fourth-order valence-corrected chi connectivity index (χ4v) is 2.33. The molecule has 2 aromatic rings. The van der Waals surface area contributed by atoms with Gasteiger partial charge in [-0.2, -0.15) is 0 Å². The SMILES string of the molecule is CCCC(CC)(C(=O)O)c1nnc(-c2ccccc2)o1. The molecular formula is C15H18N2O3. The highest BCUT2D eigenvalue weighted by Crippen LogP contribution is 2.34. The molecule has 0 fully saturated rings. The third-order valence-corrected chi connectivity index (χ3v) is 3.54. The quantitative estimate of drug-likeness (QED) is 0.874. The van der Waals surface area contributed by atoms with E-state index < -0.39 is 11.4 Å². The summed E-state index contributed by atoms with van der Waals surface area (Å²) in [6.07, 6.45) is 1.64. The first-order valence-corrected chi connectivity index (χ1v) is 6.77. The summed E-state index contributed by atoms with van der Waals surface area (Å²) in [5.74, 6) is -0.367. The smallest absolute Gasteiger partial charge is 0.319 e. The van der Waals surface area contributed by atoms with E-state index in [2.05, 4.69) is 10.2 Å². The van der Waals surface area contributed by atoms with E-state index in [0.717, 1.165) is 12.0 Å². The summed E-state index contributed by atoms with van der Waals surface area (Å²) < 4.78 is 5.64. The number of benzene rings is 1. The summed E-state index contributed by atoms with van der Waals surface area (Å²) >= 11 is 0. The zero-order valence-corrected chi connectivity index (χ0v) is 11.7. The first-order valence-electron chi connectivity index (χ1n) is 6.77. The van der Waals surface area contributed by atoms with E-state index in [1.807, 2.05) is 44.2 Å². The predicted molar refractivity (Wildman–Crippen MR) is 74.2 cm³/mol. The van der Waals surface area contributed by atoms with Crippen LogP contribution in [0.5, 0.6) is 0 Å². The molecule has 0 saturated heterocycles. The van der Waals surface area contributed by atoms with Gasteiger partial charge in [0.25, 0.3) is 0 Å². The Labute approximate surface area is 117 Å². The van der Waals surface area contributed by atoms with Gasteiger partial charge in [-0.1, -0.05) is 38.5 Å². The number of nitrogens with zero attached hydrogens (tertiary/aromatic N) is 2. The van der Waals surface area contributed by atoms with Crippen molar-refractivity contribution < 1.29 is 14.3 Å². The van der Waals surface area contributed by atoms with Gasteiger partial charge >= 0.3 is 5.97 Å². The second-order valence-electron chi connectivity index (χ2n) is 4.77. The third-order valence-electron chi connectivity index (χ3n) is 3.54. The van der Waals surface area contributed by atoms with Gasteiger partial charge in [-0.15, -0.1) is 10.2 Å². The lowest BCUT2D eigenvalue weighted by Crippen LogP contribution is -2.35. The van der Waals surface area contributed by atoms with Crippen molar-refractivity contribution in [2.75, 3.05) is 0 Å². The minimum Gasteiger partial charge on any atom is -0.480 e. The van der Waals surface area contributed by atoms with Crippen molar-refractivity contribution in [1.82, 2.24) is 10.2 Å². The first kappa shape index (κ1) is 14.2. The van der Waals surface area contributed by atoms with Crippen LogP contribution in [0.4, 0.5) is 0 Å². The fourth-order valence-electron chi connectivity index (χ4n) is 2.33. The van der Waals surface area contributed by atoms with Crippen molar-refractivity contribution >= 4 is 5.97 Å². The van der Waals surface area contributed by atoms with Crippen molar-refractivity contribution in [3.8, 4) is 11.5 Å². The summed E-state index contributed by atoms with van der Waals surface area (Å²) in [4.78, 5) is 11.7. The highest BCUT2D eigenvalue weighted by atomic mass is 16.4. The van der Waals surface area contributed by atoms with Crippen LogP contribution in [0.1, 0.15) is 39.0 Å². The Hall–Kier alpha value is -2.17. The van der Waals surface area contributed by atoms with E-state index in [4.69, 9.17) is 4.42 Å². The van der Waals surface area contributed by atoms with E-state index in [1.54, 1.807) is 0 Å². The molecule has 0 radical (unpaired) electrons. The van der Waals surface area contributed by atoms with Crippen LogP contribution < -0.4 is 0 Å². The summed E-state index contributed by atoms with van der Waals surface area (Å²) in [6, 6.07) is 9.34. The standard InChI is InChI=1S/C15H18N2O3/c1-3-10-15(4-2,14(18)19)13-17-16-12(20-13)11-8-6-5-7-9-11/h5-9H,3-4,10H2,1-2H3,(H,18,19). The summed E-state index contributed by atoms with van der Waals surface area (Å²) in [5.41, 5.74) is -0.299. The highest BCUT2D eigenvalue weighted by Gasteiger charge is 2.43. The number of aromatic nitrogens is 2. The molecule has 1 aromatic heterocycles. The van der Waals surface area contributed by atoms with Gasteiger partial charge in [0.15, 0.2) is 0 Å². The number of carboxylic acid groups (broad SMARTS) is 1. The Morgan fingerprint density at radius 2 is 1.95 bits per heavy atom. The predicted octanol–water partition coefficient (Wildman–Crippen LogP) is 3.27. The topological polar surface area (TPSA) is 76.2 Å². The maximum atomic E-state index is 11.7. The fraction of sp³-hybridized carbons (Fsp3) is 0.400. The van der Waals surface area contributed by atoms with Crippen molar-refractivity contribution in [1.29, 1.82) is 0 Å². The Morgan fingerprint density at radius 1 is 1.25 bits per heavy atom. The largest absolute Gasteiger partial charge is 0.480 e. The van der Waals surface area contributed by atoms with Crippen molar-refractivity contribution in [2.45, 2.75) is 38.5 Å². The lowest BCUT2D eigenvalue weighted by atomic mass is 9.80. The molecule has 1 heterocycles. The molecule has 5 nitrogen and oxygen atoms in total. The summed E-state index contributed by atoms with van der Waals surface area (Å²) in [7, 11) is 0. The molecule has 1 N–H and O–H groups in total. The molecule has 1 atom stereocenters. The van der Waals surface area contributed by atoms with Crippen molar-refractivity contribution in [3.63, 3.8) is 0 Å². The van der Waals surface area contributed by atoms with Crippen LogP contribution in [0.15, 0.2) is 34.7 Å². The molecule has 0 spiro atoms. The van der Waals surface area contributed by atoms with E-state index >= 15 is 0 Å². The van der Waals surface area contributed by atoms with Crippen LogP contribution in [-0.2, 0) is 10.2 Å². The zero-order valence-electron chi connectivity index (χ0n) is 11.7.